The van der Waals surface area contributed by atoms with Crippen molar-refractivity contribution in [1.82, 2.24) is 5.32 Å². The Morgan fingerprint density at radius 2 is 2.19 bits per heavy atom. The summed E-state index contributed by atoms with van der Waals surface area (Å²) in [7, 11) is 0. The first-order valence-corrected chi connectivity index (χ1v) is 8.24. The number of hydrogen-bond acceptors (Lipinski definition) is 3. The average molecular weight is 304 g/mol. The van der Waals surface area contributed by atoms with E-state index in [4.69, 9.17) is 0 Å². The molecule has 0 aromatic heterocycles. The first-order chi connectivity index (χ1) is 10.2. The van der Waals surface area contributed by atoms with E-state index in [1.165, 1.54) is 0 Å². The summed E-state index contributed by atoms with van der Waals surface area (Å²) >= 11 is 1.55. The zero-order chi connectivity index (χ0) is 15.1. The number of rotatable bonds is 7. The fraction of sp³-hybridized carbons (Fsp3) is 0.375. The minimum absolute atomic E-state index is 0.0516. The van der Waals surface area contributed by atoms with Gasteiger partial charge in [0.25, 0.3) is 5.91 Å². The lowest BCUT2D eigenvalue weighted by Gasteiger charge is -2.07. The van der Waals surface area contributed by atoms with Crippen molar-refractivity contribution >= 4 is 29.3 Å². The Kier molecular flexibility index (Phi) is 5.87. The van der Waals surface area contributed by atoms with Gasteiger partial charge in [-0.25, -0.2) is 0 Å². The SMILES string of the molecule is C/C=C\CSCC(=O)Nc1cccc(C(=O)NC2CC2)c1. The summed E-state index contributed by atoms with van der Waals surface area (Å²) in [6.07, 6.45) is 6.10. The van der Waals surface area contributed by atoms with E-state index in [1.807, 2.05) is 19.1 Å². The van der Waals surface area contributed by atoms with Crippen molar-refractivity contribution in [3.05, 3.63) is 42.0 Å². The number of amides is 2. The third-order valence-corrected chi connectivity index (χ3v) is 3.90. The normalized spacial score (nSPS) is 14.1. The second-order valence-corrected chi connectivity index (χ2v) is 5.99. The summed E-state index contributed by atoms with van der Waals surface area (Å²) in [4.78, 5) is 23.7. The summed E-state index contributed by atoms with van der Waals surface area (Å²) in [5.41, 5.74) is 1.25. The Labute approximate surface area is 129 Å². The van der Waals surface area contributed by atoms with Crippen LogP contribution in [0.5, 0.6) is 0 Å². The quantitative estimate of drug-likeness (QED) is 0.601. The molecule has 0 atom stereocenters. The summed E-state index contributed by atoms with van der Waals surface area (Å²) in [6, 6.07) is 7.38. The summed E-state index contributed by atoms with van der Waals surface area (Å²) in [5.74, 6) is 1.11. The smallest absolute Gasteiger partial charge is 0.251 e. The zero-order valence-corrected chi connectivity index (χ0v) is 12.9. The molecule has 1 fully saturated rings. The van der Waals surface area contributed by atoms with Crippen LogP contribution in [0.3, 0.4) is 0 Å². The second kappa shape index (κ2) is 7.88. The van der Waals surface area contributed by atoms with Crippen molar-refractivity contribution in [2.45, 2.75) is 25.8 Å². The topological polar surface area (TPSA) is 58.2 Å². The average Bonchev–Trinajstić information content (AvgIpc) is 3.28. The van der Waals surface area contributed by atoms with Gasteiger partial charge in [0.2, 0.25) is 5.91 Å². The highest BCUT2D eigenvalue weighted by atomic mass is 32.2. The molecule has 0 aliphatic heterocycles. The van der Waals surface area contributed by atoms with E-state index < -0.39 is 0 Å². The van der Waals surface area contributed by atoms with Gasteiger partial charge in [-0.1, -0.05) is 18.2 Å². The molecule has 1 saturated carbocycles. The molecular weight excluding hydrogens is 284 g/mol. The van der Waals surface area contributed by atoms with Crippen LogP contribution < -0.4 is 10.6 Å². The lowest BCUT2D eigenvalue weighted by Crippen LogP contribution is -2.25. The third kappa shape index (κ3) is 5.63. The maximum Gasteiger partial charge on any atom is 0.251 e. The molecule has 4 nitrogen and oxygen atoms in total. The van der Waals surface area contributed by atoms with Crippen LogP contribution in [0.2, 0.25) is 0 Å². The van der Waals surface area contributed by atoms with Crippen LogP contribution >= 0.6 is 11.8 Å². The Morgan fingerprint density at radius 1 is 1.38 bits per heavy atom. The number of benzene rings is 1. The molecule has 1 aromatic rings. The van der Waals surface area contributed by atoms with Gasteiger partial charge in [-0.15, -0.1) is 11.8 Å². The Morgan fingerprint density at radius 3 is 2.90 bits per heavy atom. The largest absolute Gasteiger partial charge is 0.349 e. The van der Waals surface area contributed by atoms with Crippen LogP contribution in [0, 0.1) is 0 Å². The minimum Gasteiger partial charge on any atom is -0.349 e. The number of nitrogens with one attached hydrogen (secondary N) is 2. The van der Waals surface area contributed by atoms with Crippen molar-refractivity contribution in [2.75, 3.05) is 16.8 Å². The van der Waals surface area contributed by atoms with Gasteiger partial charge in [-0.2, -0.15) is 0 Å². The van der Waals surface area contributed by atoms with Gasteiger partial charge in [0, 0.05) is 23.0 Å². The predicted molar refractivity (Wildman–Crippen MR) is 87.7 cm³/mol. The Hall–Kier alpha value is -1.75. The number of carbonyl (C=O) groups excluding carboxylic acids is 2. The van der Waals surface area contributed by atoms with E-state index in [2.05, 4.69) is 10.6 Å². The van der Waals surface area contributed by atoms with Crippen LogP contribution in [-0.4, -0.2) is 29.4 Å². The van der Waals surface area contributed by atoms with Gasteiger partial charge in [-0.05, 0) is 38.0 Å². The number of hydrogen-bond donors (Lipinski definition) is 2. The molecule has 0 radical (unpaired) electrons. The highest BCUT2D eigenvalue weighted by Gasteiger charge is 2.23. The number of anilines is 1. The monoisotopic (exact) mass is 304 g/mol. The Bertz CT molecular complexity index is 539. The van der Waals surface area contributed by atoms with Crippen LogP contribution in [-0.2, 0) is 4.79 Å². The minimum atomic E-state index is -0.0731. The lowest BCUT2D eigenvalue weighted by molar-refractivity contribution is -0.113. The molecule has 1 aliphatic carbocycles. The molecular formula is C16H20N2O2S. The molecule has 2 amide bonds. The first kappa shape index (κ1) is 15.6. The van der Waals surface area contributed by atoms with E-state index in [1.54, 1.807) is 36.0 Å². The van der Waals surface area contributed by atoms with E-state index in [-0.39, 0.29) is 11.8 Å². The van der Waals surface area contributed by atoms with E-state index in [0.29, 0.717) is 23.0 Å². The maximum atomic E-state index is 11.9. The molecule has 0 saturated heterocycles. The third-order valence-electron chi connectivity index (χ3n) is 3.00. The molecule has 1 aliphatic rings. The standard InChI is InChI=1S/C16H20N2O2S/c1-2-3-9-21-11-15(19)17-14-6-4-5-12(10-14)16(20)18-13-7-8-13/h2-6,10,13H,7-9,11H2,1H3,(H,17,19)(H,18,20)/b3-2-. The lowest BCUT2D eigenvalue weighted by atomic mass is 10.2. The van der Waals surface area contributed by atoms with Crippen LogP contribution in [0.1, 0.15) is 30.1 Å². The number of thioether (sulfide) groups is 1. The predicted octanol–water partition coefficient (Wildman–Crippen LogP) is 2.83. The highest BCUT2D eigenvalue weighted by molar-refractivity contribution is 8.00. The summed E-state index contributed by atoms with van der Waals surface area (Å²) in [6.45, 7) is 1.96. The van der Waals surface area contributed by atoms with Gasteiger partial charge in [0.1, 0.15) is 0 Å². The summed E-state index contributed by atoms with van der Waals surface area (Å²) < 4.78 is 0. The van der Waals surface area contributed by atoms with Crippen molar-refractivity contribution in [2.24, 2.45) is 0 Å². The van der Waals surface area contributed by atoms with Crippen molar-refractivity contribution in [3.8, 4) is 0 Å². The molecule has 0 unspecified atom stereocenters. The maximum absolute atomic E-state index is 11.9. The molecule has 21 heavy (non-hydrogen) atoms. The molecule has 5 heteroatoms. The van der Waals surface area contributed by atoms with Gasteiger partial charge < -0.3 is 10.6 Å². The first-order valence-electron chi connectivity index (χ1n) is 7.08. The van der Waals surface area contributed by atoms with E-state index in [9.17, 15) is 9.59 Å². The van der Waals surface area contributed by atoms with Crippen LogP contribution in [0.15, 0.2) is 36.4 Å². The second-order valence-electron chi connectivity index (χ2n) is 4.96. The van der Waals surface area contributed by atoms with Gasteiger partial charge in [0.05, 0.1) is 5.75 Å². The molecule has 2 N–H and O–H groups in total. The van der Waals surface area contributed by atoms with E-state index >= 15 is 0 Å². The van der Waals surface area contributed by atoms with E-state index in [0.717, 1.165) is 18.6 Å². The highest BCUT2D eigenvalue weighted by Crippen LogP contribution is 2.20. The van der Waals surface area contributed by atoms with Crippen molar-refractivity contribution < 1.29 is 9.59 Å². The molecule has 112 valence electrons. The van der Waals surface area contributed by atoms with Gasteiger partial charge >= 0.3 is 0 Å². The fourth-order valence-electron chi connectivity index (χ4n) is 1.75. The van der Waals surface area contributed by atoms with Gasteiger partial charge in [0.15, 0.2) is 0 Å². The zero-order valence-electron chi connectivity index (χ0n) is 12.1. The molecule has 0 bridgehead atoms. The summed E-state index contributed by atoms with van der Waals surface area (Å²) in [5, 5.41) is 5.75. The fourth-order valence-corrected chi connectivity index (χ4v) is 2.45. The van der Waals surface area contributed by atoms with Gasteiger partial charge in [-0.3, -0.25) is 9.59 Å². The molecule has 1 aromatic carbocycles. The molecule has 0 spiro atoms. The number of allylic oxidation sites excluding steroid dienone is 1. The van der Waals surface area contributed by atoms with Crippen molar-refractivity contribution in [3.63, 3.8) is 0 Å². The number of carbonyl (C=O) groups is 2. The Balaban J connectivity index is 1.84. The van der Waals surface area contributed by atoms with Crippen molar-refractivity contribution in [1.29, 1.82) is 0 Å². The molecule has 0 heterocycles. The van der Waals surface area contributed by atoms with Crippen LogP contribution in [0.25, 0.3) is 0 Å². The molecule has 2 rings (SSSR count). The van der Waals surface area contributed by atoms with Crippen LogP contribution in [0.4, 0.5) is 5.69 Å².